The van der Waals surface area contributed by atoms with Crippen molar-refractivity contribution in [2.24, 2.45) is 0 Å². The van der Waals surface area contributed by atoms with Gasteiger partial charge in [-0.05, 0) is 6.07 Å². The number of hydrogen-bond acceptors (Lipinski definition) is 5. The summed E-state index contributed by atoms with van der Waals surface area (Å²) in [6.45, 7) is -0.262. The molecule has 9 heteroatoms. The summed E-state index contributed by atoms with van der Waals surface area (Å²) in [4.78, 5) is 18.9. The second-order valence-corrected chi connectivity index (χ2v) is 6.15. The van der Waals surface area contributed by atoms with Crippen molar-refractivity contribution in [1.29, 1.82) is 0 Å². The summed E-state index contributed by atoms with van der Waals surface area (Å²) in [7, 11) is 0. The molecule has 3 heterocycles. The van der Waals surface area contributed by atoms with Crippen LogP contribution in [0, 0.1) is 0 Å². The number of carbonyl (C=O) groups is 1. The number of aromatic amines is 1. The van der Waals surface area contributed by atoms with Crippen molar-refractivity contribution in [3.63, 3.8) is 0 Å². The Balaban J connectivity index is 1.67. The molecule has 4 aromatic rings. The Kier molecular flexibility index (Phi) is 4.18. The van der Waals surface area contributed by atoms with E-state index in [1.165, 1.54) is 4.68 Å². The van der Waals surface area contributed by atoms with E-state index >= 15 is 0 Å². The smallest absolute Gasteiger partial charge is 0.325 e. The van der Waals surface area contributed by atoms with Crippen molar-refractivity contribution < 1.29 is 14.4 Å². The zero-order valence-electron chi connectivity index (χ0n) is 13.5. The first-order chi connectivity index (χ1) is 12.6. The number of aromatic nitrogens is 5. The molecule has 0 unspecified atom stereocenters. The Morgan fingerprint density at radius 3 is 2.92 bits per heavy atom. The second kappa shape index (κ2) is 6.64. The van der Waals surface area contributed by atoms with Gasteiger partial charge in [0.25, 0.3) is 0 Å². The number of carboxylic acids is 1. The number of rotatable bonds is 6. The summed E-state index contributed by atoms with van der Waals surface area (Å²) >= 11 is 5.75. The predicted octanol–water partition coefficient (Wildman–Crippen LogP) is 2.94. The van der Waals surface area contributed by atoms with Gasteiger partial charge in [-0.3, -0.25) is 4.79 Å². The maximum atomic E-state index is 11.2. The highest BCUT2D eigenvalue weighted by atomic mass is 35.5. The number of aliphatic carboxylic acids is 1. The molecule has 0 bridgehead atoms. The highest BCUT2D eigenvalue weighted by Gasteiger charge is 2.17. The molecule has 0 fully saturated rings. The molecule has 0 saturated carbocycles. The summed E-state index contributed by atoms with van der Waals surface area (Å²) in [5.41, 5.74) is 1.80. The first kappa shape index (κ1) is 16.3. The molecule has 1 aromatic carbocycles. The highest BCUT2D eigenvalue weighted by Crippen LogP contribution is 2.26. The van der Waals surface area contributed by atoms with Crippen LogP contribution >= 0.6 is 11.6 Å². The predicted molar refractivity (Wildman–Crippen MR) is 93.9 cm³/mol. The third kappa shape index (κ3) is 3.18. The largest absolute Gasteiger partial charge is 0.480 e. The molecule has 0 spiro atoms. The van der Waals surface area contributed by atoms with Crippen molar-refractivity contribution in [1.82, 2.24) is 24.9 Å². The van der Waals surface area contributed by atoms with E-state index in [9.17, 15) is 4.79 Å². The molecule has 0 aliphatic carbocycles. The van der Waals surface area contributed by atoms with Crippen LogP contribution in [0.25, 0.3) is 22.3 Å². The van der Waals surface area contributed by atoms with Gasteiger partial charge < -0.3 is 14.6 Å². The van der Waals surface area contributed by atoms with Crippen molar-refractivity contribution in [3.8, 4) is 11.4 Å². The van der Waals surface area contributed by atoms with Crippen LogP contribution in [0.3, 0.4) is 0 Å². The SMILES string of the molecule is O=C(O)Cn1nc(-c2c[nH]c3ccccc23)nc1CCc1cc(Cl)no1. The second-order valence-electron chi connectivity index (χ2n) is 5.77. The number of H-pyrrole nitrogens is 1. The van der Waals surface area contributed by atoms with Crippen LogP contribution in [-0.4, -0.2) is 36.0 Å². The Morgan fingerprint density at radius 2 is 2.15 bits per heavy atom. The van der Waals surface area contributed by atoms with Gasteiger partial charge in [-0.2, -0.15) is 5.10 Å². The number of halogens is 1. The third-order valence-electron chi connectivity index (χ3n) is 3.99. The number of nitrogens with zero attached hydrogens (tertiary/aromatic N) is 4. The van der Waals surface area contributed by atoms with Gasteiger partial charge in [0.05, 0.1) is 0 Å². The van der Waals surface area contributed by atoms with Gasteiger partial charge in [0.15, 0.2) is 11.0 Å². The minimum absolute atomic E-state index is 0.262. The molecule has 0 amide bonds. The molecule has 0 saturated heterocycles. The van der Waals surface area contributed by atoms with Crippen LogP contribution in [-0.2, 0) is 24.2 Å². The van der Waals surface area contributed by atoms with E-state index in [0.29, 0.717) is 30.3 Å². The Morgan fingerprint density at radius 1 is 1.31 bits per heavy atom. The third-order valence-corrected chi connectivity index (χ3v) is 4.17. The number of aryl methyl sites for hydroxylation is 2. The van der Waals surface area contributed by atoms with E-state index in [2.05, 4.69) is 20.2 Å². The minimum atomic E-state index is -0.982. The maximum absolute atomic E-state index is 11.2. The Labute approximate surface area is 152 Å². The Hall–Kier alpha value is -3.13. The molecule has 132 valence electrons. The van der Waals surface area contributed by atoms with Crippen LogP contribution in [0.4, 0.5) is 0 Å². The van der Waals surface area contributed by atoms with Gasteiger partial charge in [-0.15, -0.1) is 0 Å². The van der Waals surface area contributed by atoms with E-state index in [4.69, 9.17) is 21.2 Å². The lowest BCUT2D eigenvalue weighted by Gasteiger charge is -2.01. The number of para-hydroxylation sites is 1. The topological polar surface area (TPSA) is 110 Å². The van der Waals surface area contributed by atoms with Crippen molar-refractivity contribution in [3.05, 3.63) is 53.3 Å². The molecule has 0 aliphatic rings. The van der Waals surface area contributed by atoms with E-state index in [1.807, 2.05) is 30.5 Å². The molecule has 4 rings (SSSR count). The van der Waals surface area contributed by atoms with E-state index in [-0.39, 0.29) is 11.7 Å². The van der Waals surface area contributed by atoms with Gasteiger partial charge in [0, 0.05) is 41.6 Å². The van der Waals surface area contributed by atoms with E-state index in [1.54, 1.807) is 6.07 Å². The zero-order valence-corrected chi connectivity index (χ0v) is 14.3. The number of benzene rings is 1. The fourth-order valence-corrected chi connectivity index (χ4v) is 2.98. The quantitative estimate of drug-likeness (QED) is 0.539. The average Bonchev–Trinajstić information content (AvgIpc) is 3.31. The zero-order chi connectivity index (χ0) is 18.1. The van der Waals surface area contributed by atoms with Crippen molar-refractivity contribution in [2.45, 2.75) is 19.4 Å². The normalized spacial score (nSPS) is 11.3. The fraction of sp³-hybridized carbons (Fsp3) is 0.176. The lowest BCUT2D eigenvalue weighted by atomic mass is 10.2. The van der Waals surface area contributed by atoms with Crippen LogP contribution in [0.15, 0.2) is 41.1 Å². The van der Waals surface area contributed by atoms with Crippen LogP contribution in [0.5, 0.6) is 0 Å². The molecule has 26 heavy (non-hydrogen) atoms. The lowest BCUT2D eigenvalue weighted by Crippen LogP contribution is -2.14. The van der Waals surface area contributed by atoms with Gasteiger partial charge in [0.1, 0.15) is 18.1 Å². The molecule has 3 aromatic heterocycles. The molecule has 0 atom stereocenters. The number of carboxylic acid groups (broad SMARTS) is 1. The van der Waals surface area contributed by atoms with E-state index < -0.39 is 5.97 Å². The molecule has 8 nitrogen and oxygen atoms in total. The number of nitrogens with one attached hydrogen (secondary N) is 1. The first-order valence-corrected chi connectivity index (χ1v) is 8.31. The van der Waals surface area contributed by atoms with Gasteiger partial charge in [0.2, 0.25) is 0 Å². The first-order valence-electron chi connectivity index (χ1n) is 7.93. The summed E-state index contributed by atoms with van der Waals surface area (Å²) in [5, 5.41) is 18.4. The monoisotopic (exact) mass is 371 g/mol. The Bertz CT molecular complexity index is 1080. The summed E-state index contributed by atoms with van der Waals surface area (Å²) < 4.78 is 6.48. The van der Waals surface area contributed by atoms with Gasteiger partial charge in [-0.25, -0.2) is 9.67 Å². The van der Waals surface area contributed by atoms with Crippen LogP contribution in [0.2, 0.25) is 5.15 Å². The summed E-state index contributed by atoms with van der Waals surface area (Å²) in [5.74, 6) is 0.660. The fourth-order valence-electron chi connectivity index (χ4n) is 2.83. The van der Waals surface area contributed by atoms with Crippen molar-refractivity contribution in [2.75, 3.05) is 0 Å². The molecule has 2 N–H and O–H groups in total. The molecular formula is C17H14ClN5O3. The summed E-state index contributed by atoms with van der Waals surface area (Å²) in [6, 6.07) is 9.42. The molecule has 0 radical (unpaired) electrons. The minimum Gasteiger partial charge on any atom is -0.480 e. The summed E-state index contributed by atoms with van der Waals surface area (Å²) in [6.07, 6.45) is 2.77. The number of hydrogen-bond donors (Lipinski definition) is 2. The van der Waals surface area contributed by atoms with Gasteiger partial charge in [-0.1, -0.05) is 35.0 Å². The average molecular weight is 372 g/mol. The lowest BCUT2D eigenvalue weighted by molar-refractivity contribution is -0.137. The molecular weight excluding hydrogens is 358 g/mol. The van der Waals surface area contributed by atoms with E-state index in [0.717, 1.165) is 16.5 Å². The van der Waals surface area contributed by atoms with Crippen LogP contribution in [0.1, 0.15) is 11.6 Å². The van der Waals surface area contributed by atoms with Gasteiger partial charge >= 0.3 is 5.97 Å². The maximum Gasteiger partial charge on any atom is 0.325 e. The van der Waals surface area contributed by atoms with Crippen molar-refractivity contribution >= 4 is 28.5 Å². The van der Waals surface area contributed by atoms with Crippen LogP contribution < -0.4 is 0 Å². The molecule has 0 aliphatic heterocycles. The standard InChI is InChI=1S/C17H14ClN5O3/c18-14-7-10(26-22-14)5-6-15-20-17(21-23(15)9-16(24)25)12-8-19-13-4-2-1-3-11(12)13/h1-4,7-8,19H,5-6,9H2,(H,24,25). The number of fused-ring (bicyclic) bond motifs is 1. The highest BCUT2D eigenvalue weighted by molar-refractivity contribution is 6.29.